The molecule has 10 aromatic rings. The van der Waals surface area contributed by atoms with Crippen molar-refractivity contribution in [2.24, 2.45) is 0 Å². The van der Waals surface area contributed by atoms with Crippen molar-refractivity contribution in [2.75, 3.05) is 0 Å². The quantitative estimate of drug-likeness (QED) is 0.173. The van der Waals surface area contributed by atoms with E-state index in [0.29, 0.717) is 17.5 Å². The van der Waals surface area contributed by atoms with Crippen molar-refractivity contribution in [1.29, 1.82) is 0 Å². The van der Waals surface area contributed by atoms with Gasteiger partial charge in [-0.05, 0) is 106 Å². The van der Waals surface area contributed by atoms with Gasteiger partial charge in [0.2, 0.25) is 0 Å². The second-order valence-electron chi connectivity index (χ2n) is 16.1. The van der Waals surface area contributed by atoms with Gasteiger partial charge in [0.15, 0.2) is 17.5 Å². The molecule has 0 bridgehead atoms. The van der Waals surface area contributed by atoms with Crippen molar-refractivity contribution in [3.8, 4) is 62.1 Å². The van der Waals surface area contributed by atoms with Crippen LogP contribution in [0.25, 0.3) is 83.9 Å². The van der Waals surface area contributed by atoms with E-state index in [-0.39, 0.29) is 5.41 Å². The van der Waals surface area contributed by atoms with Crippen LogP contribution in [0.5, 0.6) is 0 Å². The summed E-state index contributed by atoms with van der Waals surface area (Å²) < 4.78 is 2.37. The van der Waals surface area contributed by atoms with Crippen LogP contribution in [0, 0.1) is 0 Å². The van der Waals surface area contributed by atoms with E-state index in [1.807, 2.05) is 84.2 Å². The number of hydrogen-bond acceptors (Lipinski definition) is 5. The average Bonchev–Trinajstić information content (AvgIpc) is 3.75. The van der Waals surface area contributed by atoms with Crippen molar-refractivity contribution in [3.63, 3.8) is 0 Å². The zero-order valence-corrected chi connectivity index (χ0v) is 34.6. The van der Waals surface area contributed by atoms with Crippen molar-refractivity contribution in [3.05, 3.63) is 193 Å². The van der Waals surface area contributed by atoms with E-state index in [4.69, 9.17) is 15.0 Å². The molecule has 12 rings (SSSR count). The number of aromatic nitrogens is 4. The fraction of sp³-hybridized carbons (Fsp3) is 0.0556. The molecule has 3 heterocycles. The third-order valence-electron chi connectivity index (χ3n) is 12.1. The molecule has 0 saturated heterocycles. The molecule has 8 aromatic carbocycles. The van der Waals surface area contributed by atoms with Gasteiger partial charge in [0.05, 0.1) is 11.0 Å². The summed E-state index contributed by atoms with van der Waals surface area (Å²) in [6.45, 7) is 4.77. The zero-order valence-electron chi connectivity index (χ0n) is 32.9. The maximum atomic E-state index is 4.97. The predicted molar refractivity (Wildman–Crippen MR) is 248 cm³/mol. The lowest BCUT2D eigenvalue weighted by molar-refractivity contribution is 0.658. The second kappa shape index (κ2) is 13.7. The summed E-state index contributed by atoms with van der Waals surface area (Å²) in [5.74, 6) is 1.95. The van der Waals surface area contributed by atoms with E-state index in [9.17, 15) is 0 Å². The van der Waals surface area contributed by atoms with E-state index in [2.05, 4.69) is 140 Å². The fourth-order valence-electron chi connectivity index (χ4n) is 9.06. The minimum absolute atomic E-state index is 0.113. The number of fused-ring (bicyclic) bond motifs is 8. The summed E-state index contributed by atoms with van der Waals surface area (Å²) in [4.78, 5) is 20.2. The highest BCUT2D eigenvalue weighted by Gasteiger charge is 2.37. The standard InChI is InChI=1S/C54H36N4S2/c1-54(2)43-30-37(23-27-39(43)41-31-49-50(32-44(41)54)60-48-20-12-11-19-47(48)59-49)36-24-28-46-42(29-36)40-17-9-10-18-45(40)58(46)38-25-21-35(22-26-38)53-56-51(33-13-5-3-6-14-33)55-52(57-53)34-15-7-4-8-16-34/h3-32H,1-2H3. The molecular weight excluding hydrogens is 769 g/mol. The van der Waals surface area contributed by atoms with Gasteiger partial charge in [0, 0.05) is 58.1 Å². The normalized spacial score (nSPS) is 13.5. The van der Waals surface area contributed by atoms with E-state index in [0.717, 1.165) is 22.4 Å². The van der Waals surface area contributed by atoms with Crippen LogP contribution in [-0.2, 0) is 5.41 Å². The van der Waals surface area contributed by atoms with Gasteiger partial charge in [-0.3, -0.25) is 0 Å². The topological polar surface area (TPSA) is 43.6 Å². The van der Waals surface area contributed by atoms with E-state index >= 15 is 0 Å². The van der Waals surface area contributed by atoms with Crippen LogP contribution in [0.15, 0.2) is 202 Å². The molecule has 1 aliphatic heterocycles. The van der Waals surface area contributed by atoms with Gasteiger partial charge in [0.1, 0.15) is 0 Å². The molecule has 4 nitrogen and oxygen atoms in total. The summed E-state index contributed by atoms with van der Waals surface area (Å²) in [5, 5.41) is 2.46. The molecule has 2 aromatic heterocycles. The van der Waals surface area contributed by atoms with Crippen LogP contribution < -0.4 is 0 Å². The van der Waals surface area contributed by atoms with Gasteiger partial charge in [-0.1, -0.05) is 147 Å². The molecule has 0 N–H and O–H groups in total. The molecule has 284 valence electrons. The summed E-state index contributed by atoms with van der Waals surface area (Å²) in [6, 6.07) is 65.3. The summed E-state index contributed by atoms with van der Waals surface area (Å²) in [6.07, 6.45) is 0. The molecule has 0 radical (unpaired) electrons. The van der Waals surface area contributed by atoms with Crippen LogP contribution in [0.4, 0.5) is 0 Å². The molecule has 0 spiro atoms. The molecular formula is C54H36N4S2. The molecule has 0 amide bonds. The first-order valence-electron chi connectivity index (χ1n) is 20.3. The molecule has 2 aliphatic rings. The Morgan fingerprint density at radius 2 is 0.883 bits per heavy atom. The molecule has 0 unspecified atom stereocenters. The summed E-state index contributed by atoms with van der Waals surface area (Å²) in [5.41, 5.74) is 14.1. The Kier molecular flexibility index (Phi) is 8.03. The van der Waals surface area contributed by atoms with Gasteiger partial charge in [-0.2, -0.15) is 0 Å². The monoisotopic (exact) mass is 804 g/mol. The number of rotatable bonds is 5. The van der Waals surface area contributed by atoms with Gasteiger partial charge in [-0.25, -0.2) is 15.0 Å². The maximum Gasteiger partial charge on any atom is 0.164 e. The van der Waals surface area contributed by atoms with Crippen LogP contribution in [0.1, 0.15) is 25.0 Å². The van der Waals surface area contributed by atoms with Crippen molar-refractivity contribution >= 4 is 45.3 Å². The Bertz CT molecular complexity index is 3280. The van der Waals surface area contributed by atoms with Crippen LogP contribution in [0.3, 0.4) is 0 Å². The Hall–Kier alpha value is -6.73. The van der Waals surface area contributed by atoms with Gasteiger partial charge in [0.25, 0.3) is 0 Å². The third-order valence-corrected chi connectivity index (χ3v) is 14.6. The van der Waals surface area contributed by atoms with Gasteiger partial charge < -0.3 is 4.57 Å². The smallest absolute Gasteiger partial charge is 0.164 e. The van der Waals surface area contributed by atoms with E-state index < -0.39 is 0 Å². The van der Waals surface area contributed by atoms with E-state index in [1.54, 1.807) is 0 Å². The van der Waals surface area contributed by atoms with Crippen molar-refractivity contribution in [1.82, 2.24) is 19.5 Å². The first-order chi connectivity index (χ1) is 29.5. The van der Waals surface area contributed by atoms with Crippen LogP contribution in [-0.4, -0.2) is 19.5 Å². The zero-order chi connectivity index (χ0) is 40.0. The molecule has 1 aliphatic carbocycles. The highest BCUT2D eigenvalue weighted by Crippen LogP contribution is 2.56. The minimum atomic E-state index is -0.113. The third kappa shape index (κ3) is 5.66. The summed E-state index contributed by atoms with van der Waals surface area (Å²) >= 11 is 3.79. The lowest BCUT2D eigenvalue weighted by Gasteiger charge is -2.24. The Balaban J connectivity index is 0.913. The van der Waals surface area contributed by atoms with E-state index in [1.165, 1.54) is 74.8 Å². The van der Waals surface area contributed by atoms with Gasteiger partial charge >= 0.3 is 0 Å². The second-order valence-corrected chi connectivity index (χ2v) is 18.2. The fourth-order valence-corrected chi connectivity index (χ4v) is 11.3. The highest BCUT2D eigenvalue weighted by atomic mass is 32.2. The predicted octanol–water partition coefficient (Wildman–Crippen LogP) is 14.6. The molecule has 0 atom stereocenters. The lowest BCUT2D eigenvalue weighted by atomic mass is 9.81. The first kappa shape index (κ1) is 35.2. The number of nitrogens with zero attached hydrogens (tertiary/aromatic N) is 4. The van der Waals surface area contributed by atoms with Crippen molar-refractivity contribution in [2.45, 2.75) is 38.8 Å². The minimum Gasteiger partial charge on any atom is -0.309 e. The summed E-state index contributed by atoms with van der Waals surface area (Å²) in [7, 11) is 0. The first-order valence-corrected chi connectivity index (χ1v) is 21.9. The highest BCUT2D eigenvalue weighted by molar-refractivity contribution is 8.05. The molecule has 0 fully saturated rings. The number of hydrogen-bond donors (Lipinski definition) is 0. The number of benzene rings is 8. The molecule has 60 heavy (non-hydrogen) atoms. The molecule has 6 heteroatoms. The number of para-hydroxylation sites is 1. The SMILES string of the molecule is CC1(C)c2cc(-c3ccc4c(c3)c3ccccc3n4-c3ccc(-c4nc(-c5ccccc5)nc(-c5ccccc5)n4)cc3)ccc2-c2cc3c(cc21)Sc1ccccc1S3. The maximum absolute atomic E-state index is 4.97. The Labute approximate surface area is 357 Å². The lowest BCUT2D eigenvalue weighted by Crippen LogP contribution is -2.15. The van der Waals surface area contributed by atoms with Gasteiger partial charge in [-0.15, -0.1) is 0 Å². The largest absolute Gasteiger partial charge is 0.309 e. The van der Waals surface area contributed by atoms with Crippen LogP contribution >= 0.6 is 23.5 Å². The van der Waals surface area contributed by atoms with Crippen molar-refractivity contribution < 1.29 is 0 Å². The Morgan fingerprint density at radius 3 is 1.55 bits per heavy atom. The average molecular weight is 805 g/mol. The Morgan fingerprint density at radius 1 is 0.383 bits per heavy atom. The molecule has 0 saturated carbocycles. The van der Waals surface area contributed by atoms with Crippen LogP contribution in [0.2, 0.25) is 0 Å².